The van der Waals surface area contributed by atoms with Gasteiger partial charge in [0.2, 0.25) is 0 Å². The van der Waals surface area contributed by atoms with E-state index >= 15 is 0 Å². The molecule has 0 spiro atoms. The molecule has 1 heterocycles. The standard InChI is InChI=1S/C15H16BrN3O/c1-10-9-12(6-7-13(10)16)19-15(20)18-11(2)14-5-3-4-8-17-14/h3-9,11H,1-2H3,(H2,18,19,20). The summed E-state index contributed by atoms with van der Waals surface area (Å²) in [4.78, 5) is 16.1. The Bertz CT molecular complexity index is 601. The molecule has 2 N–H and O–H groups in total. The average Bonchev–Trinajstić information content (AvgIpc) is 2.44. The van der Waals surface area contributed by atoms with Crippen molar-refractivity contribution in [2.45, 2.75) is 19.9 Å². The number of pyridine rings is 1. The normalized spacial score (nSPS) is 11.8. The lowest BCUT2D eigenvalue weighted by molar-refractivity contribution is 0.249. The third kappa shape index (κ3) is 3.81. The van der Waals surface area contributed by atoms with Crippen LogP contribution in [0.3, 0.4) is 0 Å². The van der Waals surface area contributed by atoms with E-state index < -0.39 is 0 Å². The molecule has 1 unspecified atom stereocenters. The van der Waals surface area contributed by atoms with E-state index in [1.165, 1.54) is 0 Å². The summed E-state index contributed by atoms with van der Waals surface area (Å²) < 4.78 is 1.02. The maximum absolute atomic E-state index is 11.9. The van der Waals surface area contributed by atoms with E-state index in [0.29, 0.717) is 0 Å². The molecule has 2 rings (SSSR count). The second-order valence-electron chi connectivity index (χ2n) is 4.54. The van der Waals surface area contributed by atoms with Gasteiger partial charge in [-0.3, -0.25) is 4.98 Å². The molecule has 0 radical (unpaired) electrons. The maximum Gasteiger partial charge on any atom is 0.319 e. The highest BCUT2D eigenvalue weighted by molar-refractivity contribution is 9.10. The minimum atomic E-state index is -0.245. The number of amides is 2. The van der Waals surface area contributed by atoms with Crippen LogP contribution in [0, 0.1) is 6.92 Å². The Kier molecular flexibility index (Phi) is 4.74. The van der Waals surface area contributed by atoms with Crippen LogP contribution in [0.5, 0.6) is 0 Å². The molecule has 4 nitrogen and oxygen atoms in total. The number of aromatic nitrogens is 1. The lowest BCUT2D eigenvalue weighted by Crippen LogP contribution is -2.31. The van der Waals surface area contributed by atoms with E-state index in [0.717, 1.165) is 21.4 Å². The monoisotopic (exact) mass is 333 g/mol. The van der Waals surface area contributed by atoms with Gasteiger partial charge in [0.15, 0.2) is 0 Å². The fraction of sp³-hybridized carbons (Fsp3) is 0.200. The fourth-order valence-electron chi connectivity index (χ4n) is 1.79. The minimum absolute atomic E-state index is 0.146. The Hall–Kier alpha value is -1.88. The first-order chi connectivity index (χ1) is 9.56. The van der Waals surface area contributed by atoms with Crippen LogP contribution in [0.2, 0.25) is 0 Å². The van der Waals surface area contributed by atoms with Crippen molar-refractivity contribution < 1.29 is 4.79 Å². The molecule has 2 aromatic rings. The molecule has 1 atom stereocenters. The summed E-state index contributed by atoms with van der Waals surface area (Å²) in [6.45, 7) is 3.87. The van der Waals surface area contributed by atoms with Gasteiger partial charge in [0.1, 0.15) is 0 Å². The third-order valence-corrected chi connectivity index (χ3v) is 3.78. The van der Waals surface area contributed by atoms with Crippen molar-refractivity contribution in [3.05, 3.63) is 58.3 Å². The summed E-state index contributed by atoms with van der Waals surface area (Å²) in [5, 5.41) is 5.67. The predicted octanol–water partition coefficient (Wildman–Crippen LogP) is 4.04. The van der Waals surface area contributed by atoms with Gasteiger partial charge in [-0.25, -0.2) is 4.79 Å². The van der Waals surface area contributed by atoms with Gasteiger partial charge in [-0.05, 0) is 49.7 Å². The number of urea groups is 1. The van der Waals surface area contributed by atoms with Crippen molar-refractivity contribution in [3.63, 3.8) is 0 Å². The molecule has 104 valence electrons. The van der Waals surface area contributed by atoms with Crippen LogP contribution >= 0.6 is 15.9 Å². The van der Waals surface area contributed by atoms with Crippen LogP contribution in [-0.2, 0) is 0 Å². The number of hydrogen-bond donors (Lipinski definition) is 2. The third-order valence-electron chi connectivity index (χ3n) is 2.89. The maximum atomic E-state index is 11.9. The summed E-state index contributed by atoms with van der Waals surface area (Å²) in [5.74, 6) is 0. The number of nitrogens with one attached hydrogen (secondary N) is 2. The van der Waals surface area contributed by atoms with Gasteiger partial charge >= 0.3 is 6.03 Å². The summed E-state index contributed by atoms with van der Waals surface area (Å²) in [5.41, 5.74) is 2.66. The number of carbonyl (C=O) groups excluding carboxylic acids is 1. The Labute approximate surface area is 126 Å². The fourth-order valence-corrected chi connectivity index (χ4v) is 2.04. The van der Waals surface area contributed by atoms with Crippen molar-refractivity contribution in [1.29, 1.82) is 0 Å². The van der Waals surface area contributed by atoms with Crippen LogP contribution in [0.1, 0.15) is 24.2 Å². The number of hydrogen-bond acceptors (Lipinski definition) is 2. The molecule has 1 aromatic heterocycles. The minimum Gasteiger partial charge on any atom is -0.330 e. The predicted molar refractivity (Wildman–Crippen MR) is 83.7 cm³/mol. The molecular weight excluding hydrogens is 318 g/mol. The highest BCUT2D eigenvalue weighted by Crippen LogP contribution is 2.20. The van der Waals surface area contributed by atoms with Gasteiger partial charge in [-0.2, -0.15) is 0 Å². The van der Waals surface area contributed by atoms with Crippen LogP contribution in [-0.4, -0.2) is 11.0 Å². The zero-order chi connectivity index (χ0) is 14.5. The lowest BCUT2D eigenvalue weighted by Gasteiger charge is -2.14. The van der Waals surface area contributed by atoms with Crippen molar-refractivity contribution in [3.8, 4) is 0 Å². The summed E-state index contributed by atoms with van der Waals surface area (Å²) in [7, 11) is 0. The van der Waals surface area contributed by atoms with E-state index in [1.807, 2.05) is 50.2 Å². The van der Waals surface area contributed by atoms with Gasteiger partial charge in [0.25, 0.3) is 0 Å². The number of rotatable bonds is 3. The van der Waals surface area contributed by atoms with Gasteiger partial charge in [-0.15, -0.1) is 0 Å². The molecule has 20 heavy (non-hydrogen) atoms. The number of aryl methyl sites for hydroxylation is 1. The van der Waals surface area contributed by atoms with Crippen LogP contribution < -0.4 is 10.6 Å². The first kappa shape index (κ1) is 14.5. The molecule has 0 bridgehead atoms. The van der Waals surface area contributed by atoms with Crippen molar-refractivity contribution >= 4 is 27.6 Å². The number of halogens is 1. The Balaban J connectivity index is 1.97. The molecule has 0 saturated heterocycles. The van der Waals surface area contributed by atoms with E-state index in [2.05, 4.69) is 31.5 Å². The van der Waals surface area contributed by atoms with Gasteiger partial charge in [0, 0.05) is 16.4 Å². The SMILES string of the molecule is Cc1cc(NC(=O)NC(C)c2ccccn2)ccc1Br. The average molecular weight is 334 g/mol. The Morgan fingerprint density at radius 1 is 1.30 bits per heavy atom. The number of nitrogens with zero attached hydrogens (tertiary/aromatic N) is 1. The van der Waals surface area contributed by atoms with Crippen LogP contribution in [0.15, 0.2) is 47.1 Å². The molecule has 0 saturated carbocycles. The Morgan fingerprint density at radius 2 is 2.10 bits per heavy atom. The highest BCUT2D eigenvalue weighted by Gasteiger charge is 2.10. The van der Waals surface area contributed by atoms with Gasteiger partial charge < -0.3 is 10.6 Å². The van der Waals surface area contributed by atoms with Crippen molar-refractivity contribution in [1.82, 2.24) is 10.3 Å². The summed E-state index contributed by atoms with van der Waals surface area (Å²) >= 11 is 3.43. The zero-order valence-corrected chi connectivity index (χ0v) is 12.9. The second kappa shape index (κ2) is 6.52. The van der Waals surface area contributed by atoms with E-state index in [4.69, 9.17) is 0 Å². The largest absolute Gasteiger partial charge is 0.330 e. The molecule has 0 aliphatic carbocycles. The number of benzene rings is 1. The zero-order valence-electron chi connectivity index (χ0n) is 11.4. The molecule has 0 aliphatic heterocycles. The number of carbonyl (C=O) groups is 1. The van der Waals surface area contributed by atoms with Crippen LogP contribution in [0.25, 0.3) is 0 Å². The molecule has 1 aromatic carbocycles. The first-order valence-corrected chi connectivity index (χ1v) is 7.10. The number of anilines is 1. The van der Waals surface area contributed by atoms with E-state index in [1.54, 1.807) is 6.20 Å². The molecule has 5 heteroatoms. The smallest absolute Gasteiger partial charge is 0.319 e. The van der Waals surface area contributed by atoms with E-state index in [-0.39, 0.29) is 12.1 Å². The summed E-state index contributed by atoms with van der Waals surface area (Å²) in [6.07, 6.45) is 1.71. The van der Waals surface area contributed by atoms with Crippen molar-refractivity contribution in [2.75, 3.05) is 5.32 Å². The topological polar surface area (TPSA) is 54.0 Å². The van der Waals surface area contributed by atoms with Gasteiger partial charge in [0.05, 0.1) is 11.7 Å². The lowest BCUT2D eigenvalue weighted by atomic mass is 10.2. The van der Waals surface area contributed by atoms with Crippen molar-refractivity contribution in [2.24, 2.45) is 0 Å². The van der Waals surface area contributed by atoms with E-state index in [9.17, 15) is 4.79 Å². The molecule has 0 aliphatic rings. The highest BCUT2D eigenvalue weighted by atomic mass is 79.9. The Morgan fingerprint density at radius 3 is 2.75 bits per heavy atom. The van der Waals surface area contributed by atoms with Crippen LogP contribution in [0.4, 0.5) is 10.5 Å². The second-order valence-corrected chi connectivity index (χ2v) is 5.39. The molecule has 0 fully saturated rings. The molecular formula is C15H16BrN3O. The first-order valence-electron chi connectivity index (χ1n) is 6.31. The summed E-state index contributed by atoms with van der Waals surface area (Å²) in [6, 6.07) is 10.9. The quantitative estimate of drug-likeness (QED) is 0.890. The molecule has 2 amide bonds. The van der Waals surface area contributed by atoms with Gasteiger partial charge in [-0.1, -0.05) is 22.0 Å².